The Morgan fingerprint density at radius 1 is 1.00 bits per heavy atom. The molecule has 0 saturated carbocycles. The number of hydrogen-bond donors (Lipinski definition) is 1. The fourth-order valence-corrected chi connectivity index (χ4v) is 3.42. The molecule has 1 aliphatic rings. The summed E-state index contributed by atoms with van der Waals surface area (Å²) in [5.41, 5.74) is 3.67. The van der Waals surface area contributed by atoms with Gasteiger partial charge in [0.15, 0.2) is 5.82 Å². The van der Waals surface area contributed by atoms with Crippen molar-refractivity contribution in [1.82, 2.24) is 9.97 Å². The zero-order valence-electron chi connectivity index (χ0n) is 17.0. The van der Waals surface area contributed by atoms with Gasteiger partial charge in [-0.3, -0.25) is 0 Å². The van der Waals surface area contributed by atoms with Crippen molar-refractivity contribution in [2.24, 2.45) is 0 Å². The maximum atomic E-state index is 14.4. The van der Waals surface area contributed by atoms with Gasteiger partial charge in [-0.05, 0) is 37.6 Å². The van der Waals surface area contributed by atoms with Gasteiger partial charge in [-0.15, -0.1) is 0 Å². The number of aromatic nitrogens is 2. The number of fused-ring (bicyclic) bond motifs is 1. The monoisotopic (exact) mass is 441 g/mol. The predicted molar refractivity (Wildman–Crippen MR) is 112 cm³/mol. The topological polar surface area (TPSA) is 37.8 Å². The molecule has 0 spiro atoms. The summed E-state index contributed by atoms with van der Waals surface area (Å²) in [6, 6.07) is 6.90. The van der Waals surface area contributed by atoms with Crippen LogP contribution in [0.25, 0.3) is 22.7 Å². The lowest BCUT2D eigenvalue weighted by atomic mass is 9.94. The van der Waals surface area contributed by atoms with E-state index in [9.17, 15) is 22.0 Å². The molecule has 4 rings (SSSR count). The molecule has 1 aromatic heterocycles. The van der Waals surface area contributed by atoms with Crippen LogP contribution in [-0.2, 0) is 6.18 Å². The van der Waals surface area contributed by atoms with Crippen LogP contribution in [0.5, 0.6) is 0 Å². The second kappa shape index (κ2) is 7.73. The molecular formula is C24H16F5N3. The smallest absolute Gasteiger partial charge is 0.333 e. The van der Waals surface area contributed by atoms with Crippen molar-refractivity contribution in [3.63, 3.8) is 0 Å². The van der Waals surface area contributed by atoms with E-state index in [0.717, 1.165) is 18.2 Å². The van der Waals surface area contributed by atoms with Crippen LogP contribution in [0.15, 0.2) is 54.8 Å². The molecule has 1 N–H and O–H groups in total. The Balaban J connectivity index is 1.84. The Morgan fingerprint density at radius 3 is 2.44 bits per heavy atom. The Hall–Kier alpha value is -3.77. The Morgan fingerprint density at radius 2 is 1.72 bits per heavy atom. The molecular weight excluding hydrogens is 425 g/mol. The lowest BCUT2D eigenvalue weighted by Crippen LogP contribution is -2.12. The molecule has 3 nitrogen and oxygen atoms in total. The van der Waals surface area contributed by atoms with E-state index in [1.807, 2.05) is 0 Å². The molecule has 1 heterocycles. The second-order valence-corrected chi connectivity index (χ2v) is 7.27. The summed E-state index contributed by atoms with van der Waals surface area (Å²) >= 11 is 0. The molecule has 0 atom stereocenters. The summed E-state index contributed by atoms with van der Waals surface area (Å²) in [5.74, 6) is -1.49. The van der Waals surface area contributed by atoms with E-state index in [1.165, 1.54) is 24.3 Å². The van der Waals surface area contributed by atoms with Gasteiger partial charge in [-0.1, -0.05) is 30.5 Å². The Bertz CT molecular complexity index is 1330. The van der Waals surface area contributed by atoms with Crippen molar-refractivity contribution in [1.29, 1.82) is 0 Å². The Labute approximate surface area is 180 Å². The summed E-state index contributed by atoms with van der Waals surface area (Å²) in [6.07, 6.45) is -3.15. The fraction of sp³-hybridized carbons (Fsp3) is 0.125. The highest BCUT2D eigenvalue weighted by Crippen LogP contribution is 2.37. The molecule has 32 heavy (non-hydrogen) atoms. The molecule has 0 bridgehead atoms. The molecule has 1 aliphatic carbocycles. The lowest BCUT2D eigenvalue weighted by molar-refractivity contribution is -0.137. The normalized spacial score (nSPS) is 13.1. The first-order valence-electron chi connectivity index (χ1n) is 9.50. The zero-order chi connectivity index (χ0) is 23.2. The SMILES string of the molecule is C=C1C=C=C(Nc2nc(-c3ccccc3C(F)(F)F)nc(C)c2C)c2cc(F)cc(F)c21. The third-order valence-corrected chi connectivity index (χ3v) is 5.14. The van der Waals surface area contributed by atoms with E-state index in [1.54, 1.807) is 13.8 Å². The standard InChI is InChI=1S/C24H16F5N3/c1-12-8-9-20(17-10-15(25)11-19(26)21(12)17)31-22-13(2)14(3)30-23(32-22)16-6-4-5-7-18(16)24(27,28)29/h4-8,10-11H,1H2,2-3H3,(H,30,31,32). The maximum absolute atomic E-state index is 14.4. The average Bonchev–Trinajstić information content (AvgIpc) is 2.72. The summed E-state index contributed by atoms with van der Waals surface area (Å²) < 4.78 is 68.7. The zero-order valence-corrected chi connectivity index (χ0v) is 17.0. The van der Waals surface area contributed by atoms with Gasteiger partial charge in [0.1, 0.15) is 17.5 Å². The number of anilines is 1. The first-order valence-corrected chi connectivity index (χ1v) is 9.50. The molecule has 0 radical (unpaired) electrons. The van der Waals surface area contributed by atoms with Gasteiger partial charge in [0.25, 0.3) is 0 Å². The Kier molecular flexibility index (Phi) is 5.18. The highest BCUT2D eigenvalue weighted by Gasteiger charge is 2.34. The third-order valence-electron chi connectivity index (χ3n) is 5.14. The number of benzene rings is 2. The van der Waals surface area contributed by atoms with Crippen LogP contribution in [0.3, 0.4) is 0 Å². The molecule has 0 aliphatic heterocycles. The van der Waals surface area contributed by atoms with Crippen LogP contribution in [0.2, 0.25) is 0 Å². The van der Waals surface area contributed by atoms with Crippen molar-refractivity contribution in [2.45, 2.75) is 20.0 Å². The number of hydrogen-bond acceptors (Lipinski definition) is 3. The van der Waals surface area contributed by atoms with Gasteiger partial charge < -0.3 is 5.32 Å². The minimum atomic E-state index is -4.59. The number of nitrogens with zero attached hydrogens (tertiary/aromatic N) is 2. The van der Waals surface area contributed by atoms with Crippen LogP contribution in [-0.4, -0.2) is 9.97 Å². The van der Waals surface area contributed by atoms with Crippen molar-refractivity contribution >= 4 is 17.1 Å². The fourth-order valence-electron chi connectivity index (χ4n) is 3.42. The first-order chi connectivity index (χ1) is 15.1. The van der Waals surface area contributed by atoms with Gasteiger partial charge in [-0.2, -0.15) is 13.2 Å². The predicted octanol–water partition coefficient (Wildman–Crippen LogP) is 6.69. The van der Waals surface area contributed by atoms with E-state index in [2.05, 4.69) is 27.6 Å². The van der Waals surface area contributed by atoms with Crippen molar-refractivity contribution in [3.05, 3.63) is 94.4 Å². The molecule has 8 heteroatoms. The van der Waals surface area contributed by atoms with Crippen molar-refractivity contribution < 1.29 is 22.0 Å². The molecule has 3 aromatic rings. The van der Waals surface area contributed by atoms with Crippen LogP contribution < -0.4 is 5.32 Å². The highest BCUT2D eigenvalue weighted by atomic mass is 19.4. The lowest BCUT2D eigenvalue weighted by Gasteiger charge is -2.19. The largest absolute Gasteiger partial charge is 0.417 e. The van der Waals surface area contributed by atoms with E-state index in [4.69, 9.17) is 0 Å². The summed E-state index contributed by atoms with van der Waals surface area (Å²) in [6.45, 7) is 7.08. The van der Waals surface area contributed by atoms with Gasteiger partial charge in [0, 0.05) is 34.0 Å². The number of rotatable bonds is 3. The third kappa shape index (κ3) is 3.81. The van der Waals surface area contributed by atoms with Crippen molar-refractivity contribution in [3.8, 4) is 11.4 Å². The van der Waals surface area contributed by atoms with E-state index in [-0.39, 0.29) is 34.0 Å². The molecule has 0 amide bonds. The number of alkyl halides is 3. The van der Waals surface area contributed by atoms with E-state index < -0.39 is 23.4 Å². The quantitative estimate of drug-likeness (QED) is 0.363. The van der Waals surface area contributed by atoms with Gasteiger partial charge in [-0.25, -0.2) is 18.7 Å². The minimum absolute atomic E-state index is 0.110. The highest BCUT2D eigenvalue weighted by molar-refractivity contribution is 5.90. The number of halogens is 5. The number of allylic oxidation sites excluding steroid dienone is 2. The van der Waals surface area contributed by atoms with Crippen LogP contribution >= 0.6 is 0 Å². The maximum Gasteiger partial charge on any atom is 0.417 e. The summed E-state index contributed by atoms with van der Waals surface area (Å²) in [7, 11) is 0. The molecule has 2 aromatic carbocycles. The summed E-state index contributed by atoms with van der Waals surface area (Å²) in [4.78, 5) is 8.53. The van der Waals surface area contributed by atoms with Crippen LogP contribution in [0.1, 0.15) is 27.9 Å². The minimum Gasteiger partial charge on any atom is -0.333 e. The molecule has 162 valence electrons. The van der Waals surface area contributed by atoms with Gasteiger partial charge in [0.2, 0.25) is 0 Å². The summed E-state index contributed by atoms with van der Waals surface area (Å²) in [5, 5.41) is 2.96. The molecule has 0 saturated heterocycles. The molecule has 0 fully saturated rings. The van der Waals surface area contributed by atoms with Gasteiger partial charge >= 0.3 is 6.18 Å². The average molecular weight is 441 g/mol. The molecule has 0 unspecified atom stereocenters. The van der Waals surface area contributed by atoms with Crippen LogP contribution in [0.4, 0.5) is 27.8 Å². The van der Waals surface area contributed by atoms with Crippen molar-refractivity contribution in [2.75, 3.05) is 5.32 Å². The van der Waals surface area contributed by atoms with Crippen LogP contribution in [0, 0.1) is 25.5 Å². The van der Waals surface area contributed by atoms with Gasteiger partial charge in [0.05, 0.1) is 11.3 Å². The first kappa shape index (κ1) is 21.5. The second-order valence-electron chi connectivity index (χ2n) is 7.27. The van der Waals surface area contributed by atoms with E-state index in [0.29, 0.717) is 16.8 Å². The number of nitrogens with one attached hydrogen (secondary N) is 1. The number of aryl methyl sites for hydroxylation is 1. The van der Waals surface area contributed by atoms with E-state index >= 15 is 0 Å².